The summed E-state index contributed by atoms with van der Waals surface area (Å²) < 4.78 is 0. The maximum Gasteiger partial charge on any atom is 0.166 e. The predicted molar refractivity (Wildman–Crippen MR) is 46.6 cm³/mol. The molecule has 3 heteroatoms. The van der Waals surface area contributed by atoms with Crippen LogP contribution in [0.1, 0.15) is 15.9 Å². The van der Waals surface area contributed by atoms with Crippen LogP contribution < -0.4 is 0 Å². The quantitative estimate of drug-likeness (QED) is 0.558. The van der Waals surface area contributed by atoms with Crippen LogP contribution in [0.5, 0.6) is 0 Å². The van der Waals surface area contributed by atoms with E-state index < -0.39 is 5.24 Å². The van der Waals surface area contributed by atoms with Gasteiger partial charge in [0.15, 0.2) is 5.24 Å². The molecule has 1 rings (SSSR count). The Morgan fingerprint density at radius 2 is 2.17 bits per heavy atom. The van der Waals surface area contributed by atoms with Gasteiger partial charge < -0.3 is 12.2 Å². The van der Waals surface area contributed by atoms with Crippen molar-refractivity contribution in [1.29, 1.82) is 0 Å². The minimum Gasteiger partial charge on any atom is -0.358 e. The second-order valence-corrected chi connectivity index (χ2v) is 2.35. The van der Waals surface area contributed by atoms with E-state index in [0.717, 1.165) is 5.56 Å². The van der Waals surface area contributed by atoms with Crippen molar-refractivity contribution in [1.82, 2.24) is 0 Å². The van der Waals surface area contributed by atoms with E-state index in [9.17, 15) is 4.79 Å². The second kappa shape index (κ2) is 6.76. The van der Waals surface area contributed by atoms with Crippen molar-refractivity contribution in [2.24, 2.45) is 0 Å². The number of aryl methyl sites for hydroxylation is 1. The number of benzene rings is 1. The Morgan fingerprint density at radius 1 is 1.58 bits per heavy atom. The van der Waals surface area contributed by atoms with Crippen LogP contribution in [-0.2, 0) is 32.7 Å². The zero-order valence-corrected chi connectivity index (χ0v) is 10.7. The molecule has 0 saturated heterocycles. The van der Waals surface area contributed by atoms with Crippen LogP contribution in [0.25, 0.3) is 0 Å². The maximum atomic E-state index is 10.6. The number of hydrogen-bond acceptors (Lipinski definition) is 1. The van der Waals surface area contributed by atoms with E-state index in [2.05, 4.69) is 6.07 Å². The van der Waals surface area contributed by atoms with Crippen LogP contribution in [0.4, 0.5) is 0 Å². The average molecular weight is 258 g/mol. The minimum absolute atomic E-state index is 0. The molecular formula is C9H9ClOY-2. The molecule has 0 saturated carbocycles. The molecule has 63 valence electrons. The summed E-state index contributed by atoms with van der Waals surface area (Å²) >= 11 is 5.24. The first-order valence-corrected chi connectivity index (χ1v) is 3.27. The zero-order chi connectivity index (χ0) is 7.56. The van der Waals surface area contributed by atoms with Gasteiger partial charge in [-0.1, -0.05) is 12.5 Å². The zero-order valence-electron chi connectivity index (χ0n) is 7.10. The summed E-state index contributed by atoms with van der Waals surface area (Å²) in [6.07, 6.45) is 0. The first kappa shape index (κ1) is 14.8. The first-order valence-electron chi connectivity index (χ1n) is 2.89. The topological polar surface area (TPSA) is 17.1 Å². The van der Waals surface area contributed by atoms with Gasteiger partial charge in [-0.25, -0.2) is 0 Å². The number of hydrogen-bond donors (Lipinski definition) is 0. The molecule has 0 aliphatic carbocycles. The van der Waals surface area contributed by atoms with Crippen molar-refractivity contribution in [2.75, 3.05) is 0 Å². The van der Waals surface area contributed by atoms with Gasteiger partial charge in [-0.15, -0.1) is 41.4 Å². The maximum absolute atomic E-state index is 10.6. The van der Waals surface area contributed by atoms with E-state index in [1.807, 2.05) is 19.1 Å². The van der Waals surface area contributed by atoms with Gasteiger partial charge in [-0.3, -0.25) is 0 Å². The largest absolute Gasteiger partial charge is 0.358 e. The third-order valence-corrected chi connectivity index (χ3v) is 1.45. The van der Waals surface area contributed by atoms with Crippen LogP contribution in [-0.4, -0.2) is 5.24 Å². The first-order chi connectivity index (χ1) is 4.72. The molecule has 0 N–H and O–H groups in total. The average Bonchev–Trinajstić information content (AvgIpc) is 1.88. The Balaban J connectivity index is 0. The summed E-state index contributed by atoms with van der Waals surface area (Å²) in [6.45, 7) is 1.83. The summed E-state index contributed by atoms with van der Waals surface area (Å²) in [5.74, 6) is 0. The van der Waals surface area contributed by atoms with Gasteiger partial charge >= 0.3 is 0 Å². The van der Waals surface area contributed by atoms with E-state index >= 15 is 0 Å². The number of halogens is 1. The molecule has 0 heterocycles. The standard InChI is InChI=1S/C8H6ClO.CH3.Y/c1-6-4-2-3-5-7(6)8(9)10;;/h2-4H,1H3;1H3;/q2*-1;. The number of carbonyl (C=O) groups is 1. The Labute approximate surface area is 103 Å². The molecule has 0 spiro atoms. The third kappa shape index (κ3) is 3.79. The Kier molecular flexibility index (Phi) is 8.33. The van der Waals surface area contributed by atoms with Crippen molar-refractivity contribution in [3.63, 3.8) is 0 Å². The summed E-state index contributed by atoms with van der Waals surface area (Å²) in [6, 6.07) is 8.07. The van der Waals surface area contributed by atoms with Crippen molar-refractivity contribution in [3.05, 3.63) is 42.8 Å². The smallest absolute Gasteiger partial charge is 0.166 e. The Morgan fingerprint density at radius 3 is 2.50 bits per heavy atom. The van der Waals surface area contributed by atoms with E-state index in [1.54, 1.807) is 6.07 Å². The van der Waals surface area contributed by atoms with Crippen molar-refractivity contribution >= 4 is 16.8 Å². The number of rotatable bonds is 1. The van der Waals surface area contributed by atoms with E-state index in [4.69, 9.17) is 11.6 Å². The van der Waals surface area contributed by atoms with Crippen molar-refractivity contribution in [2.45, 2.75) is 6.92 Å². The van der Waals surface area contributed by atoms with Gasteiger partial charge in [0.2, 0.25) is 0 Å². The second-order valence-electron chi connectivity index (χ2n) is 2.00. The monoisotopic (exact) mass is 257 g/mol. The SMILES string of the molecule is Cc1ccc[c-]c1C(=O)Cl.[CH3-].[Y]. The molecule has 0 unspecified atom stereocenters. The molecule has 1 radical (unpaired) electrons. The van der Waals surface area contributed by atoms with E-state index in [0.29, 0.717) is 5.56 Å². The molecular weight excluding hydrogens is 248 g/mol. The molecule has 12 heavy (non-hydrogen) atoms. The molecule has 0 bridgehead atoms. The predicted octanol–water partition coefficient (Wildman–Crippen LogP) is 2.62. The summed E-state index contributed by atoms with van der Waals surface area (Å²) in [4.78, 5) is 10.6. The molecule has 1 nitrogen and oxygen atoms in total. The van der Waals surface area contributed by atoms with Gasteiger partial charge in [0.1, 0.15) is 0 Å². The third-order valence-electron chi connectivity index (χ3n) is 1.26. The van der Waals surface area contributed by atoms with Crippen LogP contribution in [0.15, 0.2) is 18.2 Å². The van der Waals surface area contributed by atoms with Gasteiger partial charge in [-0.05, 0) is 0 Å². The van der Waals surface area contributed by atoms with Crippen LogP contribution >= 0.6 is 11.6 Å². The summed E-state index contributed by atoms with van der Waals surface area (Å²) in [7, 11) is 0. The van der Waals surface area contributed by atoms with Gasteiger partial charge in [0.25, 0.3) is 0 Å². The van der Waals surface area contributed by atoms with Gasteiger partial charge in [-0.2, -0.15) is 0 Å². The molecule has 0 amide bonds. The van der Waals surface area contributed by atoms with Crippen LogP contribution in [0, 0.1) is 20.4 Å². The van der Waals surface area contributed by atoms with Gasteiger partial charge in [0, 0.05) is 32.7 Å². The van der Waals surface area contributed by atoms with Crippen LogP contribution in [0.3, 0.4) is 0 Å². The molecule has 0 fully saturated rings. The van der Waals surface area contributed by atoms with E-state index in [1.165, 1.54) is 0 Å². The molecule has 1 aromatic carbocycles. The molecule has 0 aliphatic heterocycles. The van der Waals surface area contributed by atoms with E-state index in [-0.39, 0.29) is 40.1 Å². The Bertz CT molecular complexity index is 260. The number of carbonyl (C=O) groups excluding carboxylic acids is 1. The molecule has 1 aromatic rings. The summed E-state index contributed by atoms with van der Waals surface area (Å²) in [5.41, 5.74) is 1.33. The molecule has 0 aliphatic rings. The normalized spacial score (nSPS) is 7.83. The van der Waals surface area contributed by atoms with Crippen molar-refractivity contribution in [3.8, 4) is 0 Å². The van der Waals surface area contributed by atoms with Gasteiger partial charge in [0.05, 0.1) is 0 Å². The Hall–Kier alpha value is 0.284. The molecule has 0 atom stereocenters. The fourth-order valence-electron chi connectivity index (χ4n) is 0.733. The fourth-order valence-corrected chi connectivity index (χ4v) is 0.936. The summed E-state index contributed by atoms with van der Waals surface area (Å²) in [5, 5.41) is -0.446. The van der Waals surface area contributed by atoms with Crippen molar-refractivity contribution < 1.29 is 37.5 Å². The molecule has 0 aromatic heterocycles. The van der Waals surface area contributed by atoms with Crippen LogP contribution in [0.2, 0.25) is 0 Å². The minimum atomic E-state index is -0.446. The fraction of sp³-hybridized carbons (Fsp3) is 0.111.